The van der Waals surface area contributed by atoms with Crippen molar-refractivity contribution in [2.75, 3.05) is 5.32 Å². The maximum Gasteiger partial charge on any atom is 0.171 e. The van der Waals surface area contributed by atoms with E-state index in [1.165, 1.54) is 12.1 Å². The zero-order valence-electron chi connectivity index (χ0n) is 10.9. The maximum atomic E-state index is 12.8. The van der Waals surface area contributed by atoms with Crippen molar-refractivity contribution < 1.29 is 4.39 Å². The molecular weight excluding hydrogens is 295 g/mol. The van der Waals surface area contributed by atoms with Gasteiger partial charge in [0, 0.05) is 10.7 Å². The van der Waals surface area contributed by atoms with E-state index in [2.05, 4.69) is 10.6 Å². The van der Waals surface area contributed by atoms with Crippen molar-refractivity contribution in [3.63, 3.8) is 0 Å². The SMILES string of the molecule is C[C@@H](NC(=S)Nc1ccc(F)cc1)c1cccc(Cl)c1. The standard InChI is InChI=1S/C15H14ClFN2S/c1-10(11-3-2-4-12(16)9-11)18-15(20)19-14-7-5-13(17)6-8-14/h2-10H,1H3,(H2,18,19,20)/t10-/m1/s1. The predicted molar refractivity (Wildman–Crippen MR) is 85.6 cm³/mol. The second kappa shape index (κ2) is 6.68. The molecule has 0 spiro atoms. The second-order valence-electron chi connectivity index (χ2n) is 4.38. The first-order valence-corrected chi connectivity index (χ1v) is 6.92. The lowest BCUT2D eigenvalue weighted by Crippen LogP contribution is -2.30. The molecular formula is C15H14ClFN2S. The largest absolute Gasteiger partial charge is 0.356 e. The van der Waals surface area contributed by atoms with Gasteiger partial charge in [-0.05, 0) is 61.1 Å². The Morgan fingerprint density at radius 2 is 1.90 bits per heavy atom. The van der Waals surface area contributed by atoms with Crippen LogP contribution >= 0.6 is 23.8 Å². The Labute approximate surface area is 128 Å². The van der Waals surface area contributed by atoms with Crippen LogP contribution in [0.2, 0.25) is 5.02 Å². The molecule has 0 aliphatic rings. The van der Waals surface area contributed by atoms with Crippen molar-refractivity contribution >= 4 is 34.6 Å². The summed E-state index contributed by atoms with van der Waals surface area (Å²) < 4.78 is 12.8. The lowest BCUT2D eigenvalue weighted by molar-refractivity contribution is 0.628. The second-order valence-corrected chi connectivity index (χ2v) is 5.23. The summed E-state index contributed by atoms with van der Waals surface area (Å²) in [6.45, 7) is 1.99. The Hall–Kier alpha value is -1.65. The maximum absolute atomic E-state index is 12.8. The minimum absolute atomic E-state index is 0.0224. The topological polar surface area (TPSA) is 24.1 Å². The van der Waals surface area contributed by atoms with Gasteiger partial charge in [0.1, 0.15) is 5.82 Å². The lowest BCUT2D eigenvalue weighted by atomic mass is 10.1. The molecule has 2 N–H and O–H groups in total. The van der Waals surface area contributed by atoms with Crippen LogP contribution in [-0.4, -0.2) is 5.11 Å². The first-order valence-electron chi connectivity index (χ1n) is 6.13. The Kier molecular flexibility index (Phi) is 4.93. The van der Waals surface area contributed by atoms with Crippen molar-refractivity contribution in [2.45, 2.75) is 13.0 Å². The smallest absolute Gasteiger partial charge is 0.171 e. The first kappa shape index (κ1) is 14.8. The fourth-order valence-electron chi connectivity index (χ4n) is 1.76. The monoisotopic (exact) mass is 308 g/mol. The molecule has 5 heteroatoms. The van der Waals surface area contributed by atoms with E-state index in [1.54, 1.807) is 12.1 Å². The van der Waals surface area contributed by atoms with Gasteiger partial charge in [0.25, 0.3) is 0 Å². The van der Waals surface area contributed by atoms with E-state index in [0.717, 1.165) is 11.3 Å². The third-order valence-electron chi connectivity index (χ3n) is 2.80. The molecule has 0 unspecified atom stereocenters. The van der Waals surface area contributed by atoms with Gasteiger partial charge in [-0.2, -0.15) is 0 Å². The van der Waals surface area contributed by atoms with Gasteiger partial charge >= 0.3 is 0 Å². The molecule has 0 aliphatic carbocycles. The fourth-order valence-corrected chi connectivity index (χ4v) is 2.25. The highest BCUT2D eigenvalue weighted by atomic mass is 35.5. The highest BCUT2D eigenvalue weighted by Crippen LogP contribution is 2.17. The normalized spacial score (nSPS) is 11.8. The molecule has 1 atom stereocenters. The number of halogens is 2. The van der Waals surface area contributed by atoms with Crippen LogP contribution in [0.3, 0.4) is 0 Å². The Morgan fingerprint density at radius 1 is 1.20 bits per heavy atom. The highest BCUT2D eigenvalue weighted by Gasteiger charge is 2.07. The average Bonchev–Trinajstić information content (AvgIpc) is 2.41. The molecule has 2 nitrogen and oxygen atoms in total. The van der Waals surface area contributed by atoms with Crippen molar-refractivity contribution in [3.05, 3.63) is 64.9 Å². The molecule has 0 aliphatic heterocycles. The van der Waals surface area contributed by atoms with Crippen molar-refractivity contribution in [1.82, 2.24) is 5.32 Å². The Balaban J connectivity index is 1.95. The van der Waals surface area contributed by atoms with Gasteiger partial charge in [0.05, 0.1) is 6.04 Å². The number of thiocarbonyl (C=S) groups is 1. The van der Waals surface area contributed by atoms with Crippen LogP contribution in [0.25, 0.3) is 0 Å². The van der Waals surface area contributed by atoms with Gasteiger partial charge in [-0.3, -0.25) is 0 Å². The summed E-state index contributed by atoms with van der Waals surface area (Å²) in [7, 11) is 0. The molecule has 0 fully saturated rings. The molecule has 104 valence electrons. The van der Waals surface area contributed by atoms with Crippen LogP contribution in [0.1, 0.15) is 18.5 Å². The highest BCUT2D eigenvalue weighted by molar-refractivity contribution is 7.80. The summed E-state index contributed by atoms with van der Waals surface area (Å²) in [6, 6.07) is 13.6. The molecule has 20 heavy (non-hydrogen) atoms. The summed E-state index contributed by atoms with van der Waals surface area (Å²) in [5, 5.41) is 7.32. The van der Waals surface area contributed by atoms with E-state index in [0.29, 0.717) is 10.1 Å². The fraction of sp³-hybridized carbons (Fsp3) is 0.133. The Bertz CT molecular complexity index is 601. The molecule has 0 bridgehead atoms. The van der Waals surface area contributed by atoms with Gasteiger partial charge in [-0.25, -0.2) is 4.39 Å². The van der Waals surface area contributed by atoms with E-state index in [4.69, 9.17) is 23.8 Å². The van der Waals surface area contributed by atoms with E-state index in [9.17, 15) is 4.39 Å². The van der Waals surface area contributed by atoms with Gasteiger partial charge in [-0.15, -0.1) is 0 Å². The van der Waals surface area contributed by atoms with Gasteiger partial charge in [0.15, 0.2) is 5.11 Å². The van der Waals surface area contributed by atoms with Crippen LogP contribution in [0, 0.1) is 5.82 Å². The van der Waals surface area contributed by atoms with Crippen molar-refractivity contribution in [3.8, 4) is 0 Å². The van der Waals surface area contributed by atoms with Gasteiger partial charge < -0.3 is 10.6 Å². The van der Waals surface area contributed by atoms with Gasteiger partial charge in [0.2, 0.25) is 0 Å². The summed E-state index contributed by atoms with van der Waals surface area (Å²) in [5.74, 6) is -0.276. The number of hydrogen-bond acceptors (Lipinski definition) is 1. The summed E-state index contributed by atoms with van der Waals surface area (Å²) >= 11 is 11.2. The minimum Gasteiger partial charge on any atom is -0.356 e. The van der Waals surface area contributed by atoms with E-state index >= 15 is 0 Å². The third kappa shape index (κ3) is 4.18. The molecule has 0 radical (unpaired) electrons. The molecule has 0 aromatic heterocycles. The van der Waals surface area contributed by atoms with Gasteiger partial charge in [-0.1, -0.05) is 23.7 Å². The quantitative estimate of drug-likeness (QED) is 0.815. The van der Waals surface area contributed by atoms with Crippen molar-refractivity contribution in [2.24, 2.45) is 0 Å². The molecule has 0 saturated carbocycles. The average molecular weight is 309 g/mol. The number of hydrogen-bond donors (Lipinski definition) is 2. The van der Waals surface area contributed by atoms with E-state index in [-0.39, 0.29) is 11.9 Å². The molecule has 2 aromatic rings. The number of anilines is 1. The number of benzene rings is 2. The molecule has 2 aromatic carbocycles. The minimum atomic E-state index is -0.276. The summed E-state index contributed by atoms with van der Waals surface area (Å²) in [4.78, 5) is 0. The van der Waals surface area contributed by atoms with E-state index < -0.39 is 0 Å². The Morgan fingerprint density at radius 3 is 2.55 bits per heavy atom. The first-order chi connectivity index (χ1) is 9.54. The zero-order valence-corrected chi connectivity index (χ0v) is 12.4. The summed E-state index contributed by atoms with van der Waals surface area (Å²) in [5.41, 5.74) is 1.78. The van der Waals surface area contributed by atoms with Crippen LogP contribution < -0.4 is 10.6 Å². The predicted octanol–water partition coefficient (Wildman–Crippen LogP) is 4.53. The van der Waals surface area contributed by atoms with E-state index in [1.807, 2.05) is 31.2 Å². The van der Waals surface area contributed by atoms with Crippen LogP contribution in [0.5, 0.6) is 0 Å². The third-order valence-corrected chi connectivity index (χ3v) is 3.25. The van der Waals surface area contributed by atoms with Crippen molar-refractivity contribution in [1.29, 1.82) is 0 Å². The van der Waals surface area contributed by atoms with Crippen LogP contribution in [0.15, 0.2) is 48.5 Å². The molecule has 0 amide bonds. The molecule has 0 saturated heterocycles. The zero-order chi connectivity index (χ0) is 14.5. The molecule has 2 rings (SSSR count). The lowest BCUT2D eigenvalue weighted by Gasteiger charge is -2.17. The number of nitrogens with one attached hydrogen (secondary N) is 2. The number of rotatable bonds is 3. The van der Waals surface area contributed by atoms with Crippen LogP contribution in [0.4, 0.5) is 10.1 Å². The summed E-state index contributed by atoms with van der Waals surface area (Å²) in [6.07, 6.45) is 0. The van der Waals surface area contributed by atoms with Crippen LogP contribution in [-0.2, 0) is 0 Å². The molecule has 0 heterocycles.